The Morgan fingerprint density at radius 2 is 1.13 bits per heavy atom. The van der Waals surface area contributed by atoms with Crippen molar-refractivity contribution < 1.29 is 57.4 Å². The number of hydrogen-bond acceptors (Lipinski definition) is 14. The number of fused-ring (bicyclic) bond motifs is 1. The molecule has 0 saturated carbocycles. The first-order valence-corrected chi connectivity index (χ1v) is 26.0. The molecule has 0 bridgehead atoms. The molecule has 2 aromatic rings. The number of nitrogens with zero attached hydrogens (tertiary/aromatic N) is 4. The molecule has 24 nitrogen and oxygen atoms in total. The molecule has 3 saturated heterocycles. The number of rotatable bonds is 19. The normalized spacial score (nSPS) is 20.6. The Labute approximate surface area is 450 Å². The summed E-state index contributed by atoms with van der Waals surface area (Å²) in [5.41, 5.74) is -0.527. The van der Waals surface area contributed by atoms with Crippen LogP contribution in [-0.4, -0.2) is 193 Å². The highest BCUT2D eigenvalue weighted by molar-refractivity contribution is 6.35. The summed E-state index contributed by atoms with van der Waals surface area (Å²) < 4.78 is 11.3. The second kappa shape index (κ2) is 26.6. The van der Waals surface area contributed by atoms with Crippen LogP contribution in [0.25, 0.3) is 0 Å². The zero-order chi connectivity index (χ0) is 56.9. The number of hydrogen-bond donors (Lipinski definition) is 8. The van der Waals surface area contributed by atoms with E-state index in [9.17, 15) is 47.9 Å². The lowest BCUT2D eigenvalue weighted by Gasteiger charge is -2.38. The Morgan fingerprint density at radius 3 is 1.64 bits per heavy atom. The van der Waals surface area contributed by atoms with Gasteiger partial charge < -0.3 is 61.0 Å². The number of likely N-dealkylation sites (N-methyl/N-ethyl adjacent to an activating group) is 2. The van der Waals surface area contributed by atoms with Gasteiger partial charge in [-0.2, -0.15) is 0 Å². The molecule has 9 unspecified atom stereocenters. The van der Waals surface area contributed by atoms with Gasteiger partial charge in [0.25, 0.3) is 0 Å². The van der Waals surface area contributed by atoms with E-state index < -0.39 is 126 Å². The van der Waals surface area contributed by atoms with Crippen molar-refractivity contribution in [1.82, 2.24) is 51.5 Å². The Morgan fingerprint density at radius 1 is 0.649 bits per heavy atom. The molecule has 0 radical (unpaired) electrons. The number of ether oxygens (including phenoxy) is 2. The third-order valence-electron chi connectivity index (χ3n) is 14.2. The van der Waals surface area contributed by atoms with Gasteiger partial charge in [0.15, 0.2) is 0 Å². The number of anilines is 2. The molecule has 8 N–H and O–H groups in total. The molecule has 24 heteroatoms. The molecule has 0 aliphatic carbocycles. The van der Waals surface area contributed by atoms with Crippen LogP contribution in [0.3, 0.4) is 0 Å². The summed E-state index contributed by atoms with van der Waals surface area (Å²) in [7, 11) is 3.25. The second-order valence-corrected chi connectivity index (χ2v) is 21.7. The molecule has 9 atom stereocenters. The van der Waals surface area contributed by atoms with Crippen LogP contribution in [-0.2, 0) is 47.8 Å². The number of likely N-dealkylation sites (tertiary alicyclic amines) is 3. The molecule has 3 fully saturated rings. The second-order valence-electron chi connectivity index (χ2n) is 21.7. The summed E-state index contributed by atoms with van der Waals surface area (Å²) >= 11 is 0. The van der Waals surface area contributed by atoms with E-state index in [2.05, 4.69) is 42.5 Å². The van der Waals surface area contributed by atoms with Crippen molar-refractivity contribution in [2.24, 2.45) is 10.8 Å². The average Bonchev–Trinajstić information content (AvgIpc) is 4.11. The van der Waals surface area contributed by atoms with Gasteiger partial charge in [-0.3, -0.25) is 49.0 Å². The van der Waals surface area contributed by atoms with Crippen LogP contribution in [0.4, 0.5) is 21.0 Å². The van der Waals surface area contributed by atoms with E-state index in [1.54, 1.807) is 100 Å². The molecular formula is C53H78N12O12. The summed E-state index contributed by atoms with van der Waals surface area (Å²) in [6.45, 7) is 14.4. The molecule has 3 heterocycles. The van der Waals surface area contributed by atoms with Crippen molar-refractivity contribution in [1.29, 1.82) is 0 Å². The number of nitrogens with one attached hydrogen (secondary N) is 8. The summed E-state index contributed by atoms with van der Waals surface area (Å²) in [6, 6.07) is 11.2. The van der Waals surface area contributed by atoms with E-state index in [4.69, 9.17) is 9.47 Å². The average molecular weight is 1080 g/mol. The van der Waals surface area contributed by atoms with E-state index in [0.717, 1.165) is 0 Å². The maximum absolute atomic E-state index is 14.5. The molecule has 77 heavy (non-hydrogen) atoms. The van der Waals surface area contributed by atoms with Crippen LogP contribution < -0.4 is 42.5 Å². The minimum absolute atomic E-state index is 0.148. The molecule has 0 aromatic heterocycles. The van der Waals surface area contributed by atoms with Crippen LogP contribution in [0.2, 0.25) is 0 Å². The van der Waals surface area contributed by atoms with Crippen molar-refractivity contribution in [3.63, 3.8) is 0 Å². The summed E-state index contributed by atoms with van der Waals surface area (Å²) in [5, 5.41) is 21.4. The number of carbonyl (C=O) groups is 10. The highest BCUT2D eigenvalue weighted by Crippen LogP contribution is 2.36. The molecule has 5 rings (SSSR count). The van der Waals surface area contributed by atoms with Gasteiger partial charge in [-0.25, -0.2) is 9.59 Å². The smallest absolute Gasteiger partial charge is 0.412 e. The number of carbonyl (C=O) groups excluding carboxylic acids is 10. The quantitative estimate of drug-likeness (QED) is 0.0912. The first-order valence-electron chi connectivity index (χ1n) is 26.0. The van der Waals surface area contributed by atoms with Crippen molar-refractivity contribution in [2.45, 2.75) is 130 Å². The van der Waals surface area contributed by atoms with Crippen LogP contribution in [0.5, 0.6) is 0 Å². The fourth-order valence-electron chi connectivity index (χ4n) is 9.62. The predicted molar refractivity (Wildman–Crippen MR) is 284 cm³/mol. The topological polar surface area (TPSA) is 298 Å². The van der Waals surface area contributed by atoms with E-state index in [-0.39, 0.29) is 51.0 Å². The van der Waals surface area contributed by atoms with Gasteiger partial charge in [0.1, 0.15) is 24.8 Å². The predicted octanol–water partition coefficient (Wildman–Crippen LogP) is 0.992. The Bertz CT molecular complexity index is 2450. The minimum atomic E-state index is -1.24. The van der Waals surface area contributed by atoms with Gasteiger partial charge >= 0.3 is 24.0 Å². The van der Waals surface area contributed by atoms with Crippen molar-refractivity contribution in [2.75, 3.05) is 70.6 Å². The lowest BCUT2D eigenvalue weighted by molar-refractivity contribution is -0.143. The van der Waals surface area contributed by atoms with Crippen LogP contribution >= 0.6 is 0 Å². The monoisotopic (exact) mass is 1070 g/mol. The summed E-state index contributed by atoms with van der Waals surface area (Å²) in [5.74, 6) is -5.35. The van der Waals surface area contributed by atoms with E-state index >= 15 is 0 Å². The fraction of sp³-hybridized carbons (Fsp3) is 0.585. The molecule has 10 amide bonds. The largest absolute Gasteiger partial charge is 0.447 e. The molecule has 3 aliphatic heterocycles. The summed E-state index contributed by atoms with van der Waals surface area (Å²) in [6.07, 6.45) is -2.09. The molecule has 0 spiro atoms. The molecule has 3 aliphatic rings. The third kappa shape index (κ3) is 15.9. The van der Waals surface area contributed by atoms with E-state index in [1.807, 2.05) is 41.5 Å². The number of para-hydroxylation sites is 2. The highest BCUT2D eigenvalue weighted by Gasteiger charge is 2.55. The van der Waals surface area contributed by atoms with Gasteiger partial charge in [0.05, 0.1) is 56.4 Å². The molecule has 2 aromatic carbocycles. The summed E-state index contributed by atoms with van der Waals surface area (Å²) in [4.78, 5) is 141. The van der Waals surface area contributed by atoms with E-state index in [1.165, 1.54) is 14.7 Å². The molecular weight excluding hydrogens is 997 g/mol. The van der Waals surface area contributed by atoms with Gasteiger partial charge in [-0.05, 0) is 82.8 Å². The standard InChI is InChI=1S/C53H78N12O12/c1-31(54-10)44(68)60-42(52(4,5)6)48(72)62-24-22-36(33(62)3)63(26-27-76-50(74)58-34-18-14-12-15-19-34)39(66)28-56-46(70)47(71)57-29-40(67)65-30-38(77-51(75)59-35-20-16-13-17-21-35)41-37(65)23-25-64(41)49(73)43(53(7,8)9)61-45(69)32(2)55-11/h12-21,31-33,36-38,41-43,54-55H,22-30H2,1-11H3,(H,56,70)(H,57,71)(H,58,74)(H,59,75)(H,60,68)(H,61,69). The lowest BCUT2D eigenvalue weighted by Crippen LogP contribution is -2.59. The van der Waals surface area contributed by atoms with Crippen LogP contribution in [0.15, 0.2) is 60.7 Å². The first-order chi connectivity index (χ1) is 36.3. The third-order valence-corrected chi connectivity index (χ3v) is 14.2. The van der Waals surface area contributed by atoms with Gasteiger partial charge in [-0.1, -0.05) is 77.9 Å². The first kappa shape index (κ1) is 60.5. The van der Waals surface area contributed by atoms with Crippen molar-refractivity contribution >= 4 is 70.8 Å². The van der Waals surface area contributed by atoms with Crippen molar-refractivity contribution in [3.8, 4) is 0 Å². The number of benzene rings is 2. The minimum Gasteiger partial charge on any atom is -0.447 e. The highest BCUT2D eigenvalue weighted by atomic mass is 16.6. The van der Waals surface area contributed by atoms with Crippen LogP contribution in [0, 0.1) is 10.8 Å². The fourth-order valence-corrected chi connectivity index (χ4v) is 9.62. The Hall–Kier alpha value is -7.34. The van der Waals surface area contributed by atoms with Gasteiger partial charge in [0.2, 0.25) is 35.4 Å². The van der Waals surface area contributed by atoms with Crippen LogP contribution in [0.1, 0.15) is 75.2 Å². The van der Waals surface area contributed by atoms with E-state index in [0.29, 0.717) is 17.8 Å². The van der Waals surface area contributed by atoms with Gasteiger partial charge in [0, 0.05) is 30.5 Å². The Kier molecular flexibility index (Phi) is 20.9. The SMILES string of the molecule is CNC(C)C(=O)NC(C(=O)N1CCC(N(CCOC(=O)Nc2ccccc2)C(=O)CNC(=O)C(=O)NCC(=O)N2CC(OC(=O)Nc3ccccc3)C3C2CCN3C(=O)C(NC(=O)C(C)NC)C(C)(C)C)C1C)C(C)(C)C. The zero-order valence-corrected chi connectivity index (χ0v) is 46.0. The van der Waals surface area contributed by atoms with Crippen molar-refractivity contribution in [3.05, 3.63) is 60.7 Å². The number of amides is 10. The zero-order valence-electron chi connectivity index (χ0n) is 46.0. The van der Waals surface area contributed by atoms with Gasteiger partial charge in [-0.15, -0.1) is 0 Å². The Balaban J connectivity index is 1.26. The molecule has 422 valence electrons. The maximum Gasteiger partial charge on any atom is 0.412 e. The lowest BCUT2D eigenvalue weighted by atomic mass is 9.85. The maximum atomic E-state index is 14.5.